The van der Waals surface area contributed by atoms with Gasteiger partial charge in [0.1, 0.15) is 11.6 Å². The third-order valence-corrected chi connectivity index (χ3v) is 4.41. The molecule has 0 spiro atoms. The quantitative estimate of drug-likeness (QED) is 0.769. The van der Waals surface area contributed by atoms with Gasteiger partial charge >= 0.3 is 0 Å². The highest BCUT2D eigenvalue weighted by Crippen LogP contribution is 2.35. The van der Waals surface area contributed by atoms with E-state index < -0.39 is 11.6 Å². The summed E-state index contributed by atoms with van der Waals surface area (Å²) < 4.78 is 34.4. The van der Waals surface area contributed by atoms with Crippen LogP contribution in [0.5, 0.6) is 0 Å². The monoisotopic (exact) mass is 278 g/mol. The minimum Gasteiger partial charge on any atom is -0.236 e. The Kier molecular flexibility index (Phi) is 3.32. The maximum Gasteiger partial charge on any atom is 0.221 e. The first-order valence-corrected chi connectivity index (χ1v) is 7.12. The molecule has 1 aromatic carbocycles. The van der Waals surface area contributed by atoms with Crippen molar-refractivity contribution < 1.29 is 18.0 Å². The summed E-state index contributed by atoms with van der Waals surface area (Å²) in [5.41, 5.74) is 0.323. The van der Waals surface area contributed by atoms with E-state index in [9.17, 15) is 8.78 Å². The topological polar surface area (TPSA) is 17.0 Å². The smallest absolute Gasteiger partial charge is 0.221 e. The van der Waals surface area contributed by atoms with Crippen molar-refractivity contribution in [3.05, 3.63) is 42.1 Å². The molecule has 1 fully saturated rings. The fourth-order valence-electron chi connectivity index (χ4n) is 3.15. The van der Waals surface area contributed by atoms with Crippen LogP contribution in [0.2, 0.25) is 0 Å². The van der Waals surface area contributed by atoms with Gasteiger partial charge in [0.05, 0.1) is 11.6 Å². The third-order valence-electron chi connectivity index (χ3n) is 4.41. The lowest BCUT2D eigenvalue weighted by molar-refractivity contribution is -0.912. The van der Waals surface area contributed by atoms with Crippen molar-refractivity contribution in [1.29, 1.82) is 0 Å². The molecular formula is C16H18F2NO+. The molecule has 4 heteroatoms. The third kappa shape index (κ3) is 2.13. The van der Waals surface area contributed by atoms with Crippen molar-refractivity contribution >= 4 is 0 Å². The predicted octanol–water partition coefficient (Wildman–Crippen LogP) is 4.19. The lowest BCUT2D eigenvalue weighted by atomic mass is 9.95. The summed E-state index contributed by atoms with van der Waals surface area (Å²) in [5, 5.41) is 0. The van der Waals surface area contributed by atoms with Crippen molar-refractivity contribution in [2.45, 2.75) is 44.6 Å². The molecule has 1 saturated carbocycles. The van der Waals surface area contributed by atoms with Gasteiger partial charge < -0.3 is 0 Å². The molecule has 106 valence electrons. The molecule has 0 bridgehead atoms. The molecular weight excluding hydrogens is 260 g/mol. The van der Waals surface area contributed by atoms with Gasteiger partial charge in [-0.15, -0.1) is 0 Å². The lowest BCUT2D eigenvalue weighted by Crippen LogP contribution is -2.52. The highest BCUT2D eigenvalue weighted by Gasteiger charge is 2.44. The van der Waals surface area contributed by atoms with Crippen LogP contribution in [0.3, 0.4) is 0 Å². The molecule has 0 amide bonds. The van der Waals surface area contributed by atoms with Crippen LogP contribution in [0, 0.1) is 11.6 Å². The van der Waals surface area contributed by atoms with Gasteiger partial charge in [0.15, 0.2) is 0 Å². The van der Waals surface area contributed by atoms with Crippen LogP contribution >= 0.6 is 0 Å². The fraction of sp³-hybridized carbons (Fsp3) is 0.438. The number of hydrogen-bond acceptors (Lipinski definition) is 1. The molecule has 0 saturated heterocycles. The highest BCUT2D eigenvalue weighted by molar-refractivity contribution is 5.56. The largest absolute Gasteiger partial charge is 0.236 e. The summed E-state index contributed by atoms with van der Waals surface area (Å²) in [6, 6.07) is 5.30. The Morgan fingerprint density at radius 3 is 2.60 bits per heavy atom. The molecule has 0 N–H and O–H groups in total. The van der Waals surface area contributed by atoms with Crippen LogP contribution in [0.1, 0.15) is 39.0 Å². The SMILES string of the molecule is CCC1([n+]2ccc(-c3ccc(F)cc3F)o2)CCCC1. The Balaban J connectivity index is 1.97. The van der Waals surface area contributed by atoms with Crippen molar-refractivity contribution in [2.75, 3.05) is 0 Å². The van der Waals surface area contributed by atoms with Crippen LogP contribution in [-0.2, 0) is 5.54 Å². The van der Waals surface area contributed by atoms with Crippen molar-refractivity contribution in [3.63, 3.8) is 0 Å². The zero-order valence-electron chi connectivity index (χ0n) is 11.5. The van der Waals surface area contributed by atoms with Gasteiger partial charge in [-0.2, -0.15) is 0 Å². The van der Waals surface area contributed by atoms with Crippen molar-refractivity contribution in [3.8, 4) is 11.3 Å². The molecule has 1 aliphatic rings. The zero-order valence-corrected chi connectivity index (χ0v) is 11.5. The van der Waals surface area contributed by atoms with E-state index in [1.165, 1.54) is 25.0 Å². The van der Waals surface area contributed by atoms with Gasteiger partial charge in [-0.05, 0) is 29.7 Å². The van der Waals surface area contributed by atoms with Crippen LogP contribution in [-0.4, -0.2) is 0 Å². The van der Waals surface area contributed by atoms with Crippen molar-refractivity contribution in [1.82, 2.24) is 0 Å². The normalized spacial score (nSPS) is 17.6. The Bertz CT molecular complexity index is 615. The van der Waals surface area contributed by atoms with Crippen molar-refractivity contribution in [2.24, 2.45) is 0 Å². The molecule has 1 aromatic heterocycles. The molecule has 1 heterocycles. The zero-order chi connectivity index (χ0) is 14.2. The average molecular weight is 278 g/mol. The van der Waals surface area contributed by atoms with E-state index in [0.717, 1.165) is 25.3 Å². The summed E-state index contributed by atoms with van der Waals surface area (Å²) >= 11 is 0. The molecule has 0 radical (unpaired) electrons. The molecule has 0 aliphatic heterocycles. The van der Waals surface area contributed by atoms with Crippen LogP contribution in [0.15, 0.2) is 35.0 Å². The molecule has 2 aromatic rings. The molecule has 3 rings (SSSR count). The first-order chi connectivity index (χ1) is 9.64. The van der Waals surface area contributed by atoms with Gasteiger partial charge in [0, 0.05) is 25.3 Å². The van der Waals surface area contributed by atoms with E-state index in [1.54, 1.807) is 6.07 Å². The second kappa shape index (κ2) is 5.00. The van der Waals surface area contributed by atoms with Gasteiger partial charge in [0.2, 0.25) is 17.5 Å². The number of halogens is 2. The summed E-state index contributed by atoms with van der Waals surface area (Å²) in [5.74, 6) is -0.725. The van der Waals surface area contributed by atoms with Gasteiger partial charge in [0.25, 0.3) is 0 Å². The maximum atomic E-state index is 13.8. The second-order valence-corrected chi connectivity index (χ2v) is 5.51. The Morgan fingerprint density at radius 2 is 1.95 bits per heavy atom. The summed E-state index contributed by atoms with van der Waals surface area (Å²) in [4.78, 5) is 0. The Morgan fingerprint density at radius 1 is 1.20 bits per heavy atom. The summed E-state index contributed by atoms with van der Waals surface area (Å²) in [7, 11) is 0. The van der Waals surface area contributed by atoms with Gasteiger partial charge in [-0.3, -0.25) is 0 Å². The van der Waals surface area contributed by atoms with E-state index in [1.807, 2.05) is 10.9 Å². The molecule has 20 heavy (non-hydrogen) atoms. The second-order valence-electron chi connectivity index (χ2n) is 5.51. The van der Waals surface area contributed by atoms with E-state index >= 15 is 0 Å². The maximum absolute atomic E-state index is 13.8. The predicted molar refractivity (Wildman–Crippen MR) is 71.0 cm³/mol. The first kappa shape index (κ1) is 13.3. The van der Waals surface area contributed by atoms with Gasteiger partial charge in [-0.1, -0.05) is 6.92 Å². The van der Waals surface area contributed by atoms with E-state index in [-0.39, 0.29) is 5.54 Å². The lowest BCUT2D eigenvalue weighted by Gasteiger charge is -2.16. The number of rotatable bonds is 3. The summed E-state index contributed by atoms with van der Waals surface area (Å²) in [6.07, 6.45) is 7.44. The molecule has 1 aliphatic carbocycles. The fourth-order valence-corrected chi connectivity index (χ4v) is 3.15. The number of nitrogens with zero attached hydrogens (tertiary/aromatic N) is 1. The number of benzene rings is 1. The summed E-state index contributed by atoms with van der Waals surface area (Å²) in [6.45, 7) is 2.15. The first-order valence-electron chi connectivity index (χ1n) is 7.12. The molecule has 0 atom stereocenters. The highest BCUT2D eigenvalue weighted by atomic mass is 19.1. The van der Waals surface area contributed by atoms with Crippen LogP contribution in [0.4, 0.5) is 8.78 Å². The van der Waals surface area contributed by atoms with Crippen LogP contribution in [0.25, 0.3) is 11.3 Å². The Labute approximate surface area is 117 Å². The Hall–Kier alpha value is -1.71. The minimum absolute atomic E-state index is 0.0226. The van der Waals surface area contributed by atoms with Crippen LogP contribution < -0.4 is 4.74 Å². The van der Waals surface area contributed by atoms with Gasteiger partial charge in [-0.25, -0.2) is 13.3 Å². The van der Waals surface area contributed by atoms with E-state index in [4.69, 9.17) is 4.52 Å². The number of aromatic nitrogens is 1. The number of hydrogen-bond donors (Lipinski definition) is 0. The van der Waals surface area contributed by atoms with E-state index in [2.05, 4.69) is 6.92 Å². The van der Waals surface area contributed by atoms with E-state index in [0.29, 0.717) is 11.3 Å². The average Bonchev–Trinajstić information content (AvgIpc) is 3.08. The minimum atomic E-state index is -0.594. The molecule has 0 unspecified atom stereocenters. The standard InChI is InChI=1S/C16H18F2NO/c1-2-16(8-3-4-9-16)19-10-7-15(20-19)13-6-5-12(17)11-14(13)18/h5-7,10-11H,2-4,8-9H2,1H3/q+1. The molecule has 2 nitrogen and oxygen atoms in total.